The predicted octanol–water partition coefficient (Wildman–Crippen LogP) is 3.92. The molecule has 0 aromatic heterocycles. The van der Waals surface area contributed by atoms with Crippen LogP contribution < -0.4 is 5.32 Å². The largest absolute Gasteiger partial charge is 0.323 e. The zero-order valence-corrected chi connectivity index (χ0v) is 17.2. The molecule has 5 rings (SSSR count). The Labute approximate surface area is 180 Å². The SMILES string of the molecule is O=C(Nc1ccccc1Cl)[C@H](Cc1ccccc1)N1C(=O)[C@@H]2[C@H]3CC[C@@H](C3)[C@@H]2C1=O. The lowest BCUT2D eigenvalue weighted by Gasteiger charge is -2.27. The number of nitrogens with zero attached hydrogens (tertiary/aromatic N) is 1. The highest BCUT2D eigenvalue weighted by molar-refractivity contribution is 6.33. The highest BCUT2D eigenvalue weighted by Gasteiger charge is 2.62. The normalized spacial score (nSPS) is 28.0. The first-order valence-electron chi connectivity index (χ1n) is 10.5. The molecule has 2 aliphatic carbocycles. The number of hydrogen-bond acceptors (Lipinski definition) is 3. The van der Waals surface area contributed by atoms with Crippen molar-refractivity contribution in [2.75, 3.05) is 5.32 Å². The molecule has 5 atom stereocenters. The number of nitrogens with one attached hydrogen (secondary N) is 1. The second-order valence-corrected chi connectivity index (χ2v) is 9.01. The number of carbonyl (C=O) groups is 3. The summed E-state index contributed by atoms with van der Waals surface area (Å²) >= 11 is 6.21. The number of rotatable bonds is 5. The van der Waals surface area contributed by atoms with Gasteiger partial charge in [0.25, 0.3) is 0 Å². The van der Waals surface area contributed by atoms with Crippen molar-refractivity contribution < 1.29 is 14.4 Å². The molecular formula is C24H23ClN2O3. The number of carbonyl (C=O) groups excluding carboxylic acids is 3. The third-order valence-electron chi connectivity index (χ3n) is 6.98. The average molecular weight is 423 g/mol. The maximum Gasteiger partial charge on any atom is 0.248 e. The van der Waals surface area contributed by atoms with E-state index in [-0.39, 0.29) is 47.8 Å². The Morgan fingerprint density at radius 1 is 0.967 bits per heavy atom. The molecule has 2 bridgehead atoms. The van der Waals surface area contributed by atoms with Crippen LogP contribution in [0.4, 0.5) is 5.69 Å². The number of likely N-dealkylation sites (tertiary alicyclic amines) is 1. The van der Waals surface area contributed by atoms with Gasteiger partial charge in [0.05, 0.1) is 22.5 Å². The van der Waals surface area contributed by atoms with Crippen LogP contribution in [-0.4, -0.2) is 28.7 Å². The summed E-state index contributed by atoms with van der Waals surface area (Å²) in [6, 6.07) is 15.6. The highest BCUT2D eigenvalue weighted by Crippen LogP contribution is 2.56. The number of amides is 3. The van der Waals surface area contributed by atoms with E-state index in [0.29, 0.717) is 10.7 Å². The van der Waals surface area contributed by atoms with Gasteiger partial charge in [-0.3, -0.25) is 19.3 Å². The molecule has 1 N–H and O–H groups in total. The molecule has 0 unspecified atom stereocenters. The van der Waals surface area contributed by atoms with Crippen molar-refractivity contribution in [3.05, 3.63) is 65.2 Å². The maximum atomic E-state index is 13.3. The first-order chi connectivity index (χ1) is 14.5. The molecule has 3 fully saturated rings. The van der Waals surface area contributed by atoms with E-state index in [2.05, 4.69) is 5.32 Å². The standard InChI is InChI=1S/C24H23ClN2O3/c25-17-8-4-5-9-18(17)26-22(28)19(12-14-6-2-1-3-7-14)27-23(29)20-15-10-11-16(13-15)21(20)24(27)30/h1-9,15-16,19-21H,10-13H2,(H,26,28)/t15-,16-,19-,20-,21+/m0/s1. The molecule has 1 heterocycles. The fraction of sp³-hybridized carbons (Fsp3) is 0.375. The van der Waals surface area contributed by atoms with Crippen molar-refractivity contribution in [2.45, 2.75) is 31.7 Å². The van der Waals surface area contributed by atoms with Crippen molar-refractivity contribution in [3.63, 3.8) is 0 Å². The van der Waals surface area contributed by atoms with Crippen LogP contribution in [0.3, 0.4) is 0 Å². The lowest BCUT2D eigenvalue weighted by Crippen LogP contribution is -2.49. The number of benzene rings is 2. The second-order valence-electron chi connectivity index (χ2n) is 8.61. The van der Waals surface area contributed by atoms with Crippen LogP contribution >= 0.6 is 11.6 Å². The van der Waals surface area contributed by atoms with Gasteiger partial charge in [0.15, 0.2) is 0 Å². The average Bonchev–Trinajstić information content (AvgIpc) is 3.43. The smallest absolute Gasteiger partial charge is 0.248 e. The van der Waals surface area contributed by atoms with E-state index < -0.39 is 6.04 Å². The first kappa shape index (κ1) is 19.3. The third-order valence-corrected chi connectivity index (χ3v) is 7.31. The summed E-state index contributed by atoms with van der Waals surface area (Å²) in [6.07, 6.45) is 3.26. The Balaban J connectivity index is 1.47. The van der Waals surface area contributed by atoms with Crippen LogP contribution in [0.15, 0.2) is 54.6 Å². The Hall–Kier alpha value is -2.66. The van der Waals surface area contributed by atoms with Gasteiger partial charge >= 0.3 is 0 Å². The van der Waals surface area contributed by atoms with Gasteiger partial charge in [-0.25, -0.2) is 0 Å². The van der Waals surface area contributed by atoms with Crippen LogP contribution in [-0.2, 0) is 20.8 Å². The van der Waals surface area contributed by atoms with Crippen LogP contribution in [0.2, 0.25) is 5.02 Å². The van der Waals surface area contributed by atoms with E-state index in [1.165, 1.54) is 4.90 Å². The molecule has 6 heteroatoms. The van der Waals surface area contributed by atoms with Crippen molar-refractivity contribution in [3.8, 4) is 0 Å². The lowest BCUT2D eigenvalue weighted by atomic mass is 9.81. The van der Waals surface area contributed by atoms with E-state index in [1.807, 2.05) is 30.3 Å². The summed E-state index contributed by atoms with van der Waals surface area (Å²) in [4.78, 5) is 41.3. The molecule has 5 nitrogen and oxygen atoms in total. The molecule has 2 aromatic rings. The topological polar surface area (TPSA) is 66.5 Å². The van der Waals surface area contributed by atoms with E-state index in [4.69, 9.17) is 11.6 Å². The van der Waals surface area contributed by atoms with Gasteiger partial charge in [0.2, 0.25) is 17.7 Å². The minimum absolute atomic E-state index is 0.174. The minimum atomic E-state index is -0.895. The second kappa shape index (κ2) is 7.55. The number of anilines is 1. The van der Waals surface area contributed by atoms with Gasteiger partial charge in [0, 0.05) is 6.42 Å². The number of hydrogen-bond donors (Lipinski definition) is 1. The molecular weight excluding hydrogens is 400 g/mol. The summed E-state index contributed by atoms with van der Waals surface area (Å²) in [6.45, 7) is 0. The van der Waals surface area contributed by atoms with E-state index in [1.54, 1.807) is 24.3 Å². The molecule has 3 amide bonds. The van der Waals surface area contributed by atoms with Crippen LogP contribution in [0, 0.1) is 23.7 Å². The molecule has 1 aliphatic heterocycles. The number of halogens is 1. The Morgan fingerprint density at radius 2 is 1.57 bits per heavy atom. The fourth-order valence-electron chi connectivity index (χ4n) is 5.66. The zero-order chi connectivity index (χ0) is 20.8. The molecule has 3 aliphatic rings. The van der Waals surface area contributed by atoms with Gasteiger partial charge in [-0.15, -0.1) is 0 Å². The van der Waals surface area contributed by atoms with E-state index in [0.717, 1.165) is 24.8 Å². The lowest BCUT2D eigenvalue weighted by molar-refractivity contribution is -0.147. The van der Waals surface area contributed by atoms with Crippen LogP contribution in [0.1, 0.15) is 24.8 Å². The van der Waals surface area contributed by atoms with Crippen LogP contribution in [0.25, 0.3) is 0 Å². The predicted molar refractivity (Wildman–Crippen MR) is 114 cm³/mol. The number of imide groups is 1. The summed E-state index contributed by atoms with van der Waals surface area (Å²) in [5, 5.41) is 3.25. The Kier molecular flexibility index (Phi) is 4.86. The van der Waals surface area contributed by atoms with Gasteiger partial charge < -0.3 is 5.32 Å². The molecule has 154 valence electrons. The van der Waals surface area contributed by atoms with Crippen molar-refractivity contribution in [2.24, 2.45) is 23.7 Å². The third kappa shape index (κ3) is 3.12. The number of para-hydroxylation sites is 1. The summed E-state index contributed by atoms with van der Waals surface area (Å²) in [5.74, 6) is -0.665. The van der Waals surface area contributed by atoms with E-state index >= 15 is 0 Å². The van der Waals surface area contributed by atoms with Gasteiger partial charge in [-0.1, -0.05) is 54.1 Å². The van der Waals surface area contributed by atoms with Gasteiger partial charge in [-0.2, -0.15) is 0 Å². The number of fused-ring (bicyclic) bond motifs is 5. The Morgan fingerprint density at radius 3 is 2.20 bits per heavy atom. The molecule has 0 radical (unpaired) electrons. The highest BCUT2D eigenvalue weighted by atomic mass is 35.5. The summed E-state index contributed by atoms with van der Waals surface area (Å²) < 4.78 is 0. The van der Waals surface area contributed by atoms with Gasteiger partial charge in [0.1, 0.15) is 6.04 Å². The van der Waals surface area contributed by atoms with Crippen molar-refractivity contribution in [1.29, 1.82) is 0 Å². The summed E-state index contributed by atoms with van der Waals surface area (Å²) in [7, 11) is 0. The molecule has 2 aromatic carbocycles. The maximum absolute atomic E-state index is 13.3. The van der Waals surface area contributed by atoms with Crippen molar-refractivity contribution in [1.82, 2.24) is 4.90 Å². The Bertz CT molecular complexity index is 981. The monoisotopic (exact) mass is 422 g/mol. The first-order valence-corrected chi connectivity index (χ1v) is 10.9. The van der Waals surface area contributed by atoms with E-state index in [9.17, 15) is 14.4 Å². The van der Waals surface area contributed by atoms with Crippen molar-refractivity contribution >= 4 is 35.0 Å². The molecule has 30 heavy (non-hydrogen) atoms. The van der Waals surface area contributed by atoms with Crippen LogP contribution in [0.5, 0.6) is 0 Å². The minimum Gasteiger partial charge on any atom is -0.323 e. The van der Waals surface area contributed by atoms with Gasteiger partial charge in [-0.05, 0) is 48.8 Å². The molecule has 0 spiro atoms. The quantitative estimate of drug-likeness (QED) is 0.742. The molecule has 1 saturated heterocycles. The zero-order valence-electron chi connectivity index (χ0n) is 16.5. The fourth-order valence-corrected chi connectivity index (χ4v) is 5.84. The summed E-state index contributed by atoms with van der Waals surface area (Å²) in [5.41, 5.74) is 1.37. The molecule has 2 saturated carbocycles.